The lowest BCUT2D eigenvalue weighted by Gasteiger charge is -2.24. The van der Waals surface area contributed by atoms with Gasteiger partial charge in [-0.2, -0.15) is 0 Å². The monoisotopic (exact) mass is 268 g/mol. The van der Waals surface area contributed by atoms with Crippen LogP contribution in [0.25, 0.3) is 0 Å². The molecule has 0 N–H and O–H groups in total. The van der Waals surface area contributed by atoms with Crippen molar-refractivity contribution in [3.63, 3.8) is 0 Å². The standard InChI is InChI=1S/C9H17BrO4/c1-9(2)13-5-6(14-9)7(10)8(11-3)12-4/h6-8H,5H2,1-4H3/t6-,7?/m1/s1. The zero-order valence-electron chi connectivity index (χ0n) is 8.95. The third-order valence-corrected chi connectivity index (χ3v) is 3.13. The average Bonchev–Trinajstić information content (AvgIpc) is 2.48. The number of halogens is 1. The second kappa shape index (κ2) is 4.90. The second-order valence-electron chi connectivity index (χ2n) is 3.65. The summed E-state index contributed by atoms with van der Waals surface area (Å²) in [7, 11) is 3.20. The van der Waals surface area contributed by atoms with E-state index in [9.17, 15) is 0 Å². The van der Waals surface area contributed by atoms with E-state index >= 15 is 0 Å². The summed E-state index contributed by atoms with van der Waals surface area (Å²) in [5.41, 5.74) is 0. The third-order valence-electron chi connectivity index (χ3n) is 2.11. The van der Waals surface area contributed by atoms with Crippen LogP contribution in [0.1, 0.15) is 13.8 Å². The number of methoxy groups -OCH3 is 2. The maximum Gasteiger partial charge on any atom is 0.171 e. The quantitative estimate of drug-likeness (QED) is 0.573. The van der Waals surface area contributed by atoms with Gasteiger partial charge < -0.3 is 18.9 Å². The fourth-order valence-electron chi connectivity index (χ4n) is 1.40. The molecule has 1 heterocycles. The fraction of sp³-hybridized carbons (Fsp3) is 1.00. The van der Waals surface area contributed by atoms with Crippen molar-refractivity contribution in [3.05, 3.63) is 0 Å². The zero-order valence-corrected chi connectivity index (χ0v) is 10.5. The molecule has 0 bridgehead atoms. The first-order valence-electron chi connectivity index (χ1n) is 4.51. The molecule has 5 heteroatoms. The lowest BCUT2D eigenvalue weighted by molar-refractivity contribution is -0.156. The molecule has 0 aromatic carbocycles. The van der Waals surface area contributed by atoms with E-state index in [-0.39, 0.29) is 17.2 Å². The zero-order chi connectivity index (χ0) is 10.8. The molecule has 1 aliphatic rings. The largest absolute Gasteiger partial charge is 0.355 e. The van der Waals surface area contributed by atoms with Crippen LogP contribution < -0.4 is 0 Å². The summed E-state index contributed by atoms with van der Waals surface area (Å²) in [5, 5.41) is 0. The van der Waals surface area contributed by atoms with Crippen LogP contribution in [0.3, 0.4) is 0 Å². The number of hydrogen-bond donors (Lipinski definition) is 0. The Bertz CT molecular complexity index is 182. The molecule has 0 aromatic heterocycles. The van der Waals surface area contributed by atoms with Gasteiger partial charge in [-0.05, 0) is 13.8 Å². The van der Waals surface area contributed by atoms with E-state index < -0.39 is 5.79 Å². The van der Waals surface area contributed by atoms with E-state index in [1.807, 2.05) is 13.8 Å². The van der Waals surface area contributed by atoms with Gasteiger partial charge in [-0.15, -0.1) is 0 Å². The average molecular weight is 269 g/mol. The molecule has 0 aliphatic carbocycles. The lowest BCUT2D eigenvalue weighted by Crippen LogP contribution is -2.37. The molecular weight excluding hydrogens is 252 g/mol. The number of hydrogen-bond acceptors (Lipinski definition) is 4. The van der Waals surface area contributed by atoms with Gasteiger partial charge in [-0.25, -0.2) is 0 Å². The SMILES string of the molecule is COC(OC)C(Br)[C@H]1COC(C)(C)O1. The molecule has 14 heavy (non-hydrogen) atoms. The van der Waals surface area contributed by atoms with Gasteiger partial charge in [0.15, 0.2) is 12.1 Å². The topological polar surface area (TPSA) is 36.9 Å². The van der Waals surface area contributed by atoms with E-state index in [0.29, 0.717) is 6.61 Å². The Hall–Kier alpha value is 0.320. The van der Waals surface area contributed by atoms with Crippen molar-refractivity contribution in [3.8, 4) is 0 Å². The maximum atomic E-state index is 5.67. The van der Waals surface area contributed by atoms with E-state index in [2.05, 4.69) is 15.9 Å². The number of alkyl halides is 1. The van der Waals surface area contributed by atoms with E-state index in [4.69, 9.17) is 18.9 Å². The highest BCUT2D eigenvalue weighted by Crippen LogP contribution is 2.29. The summed E-state index contributed by atoms with van der Waals surface area (Å²) >= 11 is 3.49. The molecule has 0 spiro atoms. The van der Waals surface area contributed by atoms with Gasteiger partial charge in [0.1, 0.15) is 6.10 Å². The van der Waals surface area contributed by atoms with Crippen molar-refractivity contribution in [1.82, 2.24) is 0 Å². The minimum atomic E-state index is -0.511. The van der Waals surface area contributed by atoms with Gasteiger partial charge in [0.2, 0.25) is 0 Å². The molecule has 4 nitrogen and oxygen atoms in total. The van der Waals surface area contributed by atoms with Gasteiger partial charge in [-0.1, -0.05) is 15.9 Å². The van der Waals surface area contributed by atoms with Crippen LogP contribution in [0.5, 0.6) is 0 Å². The molecule has 0 saturated carbocycles. The Morgan fingerprint density at radius 1 is 1.36 bits per heavy atom. The van der Waals surface area contributed by atoms with Crippen LogP contribution in [0.2, 0.25) is 0 Å². The predicted octanol–water partition coefficient (Wildman–Crippen LogP) is 1.52. The maximum absolute atomic E-state index is 5.67. The molecule has 84 valence electrons. The normalized spacial score (nSPS) is 28.3. The Kier molecular flexibility index (Phi) is 4.33. The molecule has 1 saturated heterocycles. The highest BCUT2D eigenvalue weighted by Gasteiger charge is 2.39. The highest BCUT2D eigenvalue weighted by molar-refractivity contribution is 9.09. The smallest absolute Gasteiger partial charge is 0.171 e. The summed E-state index contributed by atoms with van der Waals surface area (Å²) < 4.78 is 21.4. The second-order valence-corrected chi connectivity index (χ2v) is 4.71. The highest BCUT2D eigenvalue weighted by atomic mass is 79.9. The Balaban J connectivity index is 2.50. The van der Waals surface area contributed by atoms with Gasteiger partial charge >= 0.3 is 0 Å². The van der Waals surface area contributed by atoms with Crippen LogP contribution in [0, 0.1) is 0 Å². The van der Waals surface area contributed by atoms with Gasteiger partial charge in [0, 0.05) is 14.2 Å². The van der Waals surface area contributed by atoms with Gasteiger partial charge in [-0.3, -0.25) is 0 Å². The first kappa shape index (κ1) is 12.4. The first-order valence-corrected chi connectivity index (χ1v) is 5.43. The Labute approximate surface area is 93.0 Å². The van der Waals surface area contributed by atoms with Crippen molar-refractivity contribution in [2.75, 3.05) is 20.8 Å². The molecular formula is C9H17BrO4. The van der Waals surface area contributed by atoms with E-state index in [0.717, 1.165) is 0 Å². The van der Waals surface area contributed by atoms with Crippen LogP contribution >= 0.6 is 15.9 Å². The van der Waals surface area contributed by atoms with Gasteiger partial charge in [0.25, 0.3) is 0 Å². The van der Waals surface area contributed by atoms with E-state index in [1.54, 1.807) is 14.2 Å². The Morgan fingerprint density at radius 3 is 2.29 bits per heavy atom. The predicted molar refractivity (Wildman–Crippen MR) is 55.4 cm³/mol. The van der Waals surface area contributed by atoms with Crippen LogP contribution in [0.15, 0.2) is 0 Å². The summed E-state index contributed by atoms with van der Waals surface area (Å²) in [6.07, 6.45) is -0.368. The molecule has 1 unspecified atom stereocenters. The van der Waals surface area contributed by atoms with Crippen molar-refractivity contribution in [1.29, 1.82) is 0 Å². The number of ether oxygens (including phenoxy) is 4. The molecule has 0 amide bonds. The third kappa shape index (κ3) is 2.90. The number of rotatable bonds is 4. The summed E-state index contributed by atoms with van der Waals surface area (Å²) in [6.45, 7) is 4.33. The van der Waals surface area contributed by atoms with Crippen molar-refractivity contribution >= 4 is 15.9 Å². The van der Waals surface area contributed by atoms with Gasteiger partial charge in [0.05, 0.1) is 11.4 Å². The molecule has 0 radical (unpaired) electrons. The molecule has 0 aromatic rings. The van der Waals surface area contributed by atoms with Crippen molar-refractivity contribution in [2.24, 2.45) is 0 Å². The van der Waals surface area contributed by atoms with Crippen LogP contribution in [0.4, 0.5) is 0 Å². The fourth-order valence-corrected chi connectivity index (χ4v) is 2.10. The van der Waals surface area contributed by atoms with Crippen LogP contribution in [-0.4, -0.2) is 43.8 Å². The van der Waals surface area contributed by atoms with Crippen molar-refractivity contribution in [2.45, 2.75) is 36.9 Å². The molecule has 1 aliphatic heterocycles. The summed E-state index contributed by atoms with van der Waals surface area (Å²) in [6, 6.07) is 0. The lowest BCUT2D eigenvalue weighted by atomic mass is 10.2. The minimum Gasteiger partial charge on any atom is -0.355 e. The van der Waals surface area contributed by atoms with Crippen LogP contribution in [-0.2, 0) is 18.9 Å². The minimum absolute atomic E-state index is 0.0284. The van der Waals surface area contributed by atoms with Crippen molar-refractivity contribution < 1.29 is 18.9 Å². The molecule has 2 atom stereocenters. The molecule has 1 rings (SSSR count). The Morgan fingerprint density at radius 2 is 1.93 bits per heavy atom. The summed E-state index contributed by atoms with van der Waals surface area (Å²) in [4.78, 5) is -0.0284. The van der Waals surface area contributed by atoms with E-state index in [1.165, 1.54) is 0 Å². The summed E-state index contributed by atoms with van der Waals surface area (Å²) in [5.74, 6) is -0.511. The first-order chi connectivity index (χ1) is 6.50. The molecule has 1 fully saturated rings.